The molecule has 0 aromatic rings. The molecule has 1 saturated heterocycles. The molecule has 2 fully saturated rings. The van der Waals surface area contributed by atoms with E-state index in [4.69, 9.17) is 0 Å². The van der Waals surface area contributed by atoms with E-state index in [9.17, 15) is 9.90 Å². The Morgan fingerprint density at radius 1 is 1.43 bits per heavy atom. The topological polar surface area (TPSA) is 52.6 Å². The minimum absolute atomic E-state index is 0.00144. The van der Waals surface area contributed by atoms with E-state index < -0.39 is 0 Å². The number of β-amino-alcohol motifs (C(OH)–C–C–N with tert-alkyl or cyclic N) is 1. The van der Waals surface area contributed by atoms with Crippen molar-refractivity contribution >= 4 is 6.03 Å². The van der Waals surface area contributed by atoms with Gasteiger partial charge in [0.05, 0.1) is 6.10 Å². The van der Waals surface area contributed by atoms with E-state index in [2.05, 4.69) is 5.32 Å². The van der Waals surface area contributed by atoms with Crippen LogP contribution in [0.15, 0.2) is 0 Å². The van der Waals surface area contributed by atoms with Gasteiger partial charge in [0, 0.05) is 19.1 Å². The fourth-order valence-corrected chi connectivity index (χ4v) is 1.73. The third kappa shape index (κ3) is 2.18. The zero-order chi connectivity index (χ0) is 10.1. The lowest BCUT2D eigenvalue weighted by Crippen LogP contribution is -2.50. The van der Waals surface area contributed by atoms with E-state index in [0.29, 0.717) is 18.5 Å². The molecule has 0 aromatic carbocycles. The number of nitrogens with one attached hydrogen (secondary N) is 1. The van der Waals surface area contributed by atoms with Gasteiger partial charge in [0.1, 0.15) is 0 Å². The lowest BCUT2D eigenvalue weighted by atomic mass is 9.96. The van der Waals surface area contributed by atoms with Crippen LogP contribution >= 0.6 is 0 Å². The number of nitrogens with zero attached hydrogens (tertiary/aromatic N) is 1. The number of urea groups is 1. The number of carbonyl (C=O) groups excluding carboxylic acids is 1. The molecule has 4 heteroatoms. The summed E-state index contributed by atoms with van der Waals surface area (Å²) in [4.78, 5) is 13.3. The van der Waals surface area contributed by atoms with Crippen LogP contribution < -0.4 is 5.32 Å². The highest BCUT2D eigenvalue weighted by Gasteiger charge is 2.30. The van der Waals surface area contributed by atoms with Crippen LogP contribution in [0.4, 0.5) is 4.79 Å². The van der Waals surface area contributed by atoms with Crippen molar-refractivity contribution in [2.24, 2.45) is 5.92 Å². The summed E-state index contributed by atoms with van der Waals surface area (Å²) in [5, 5.41) is 12.6. The summed E-state index contributed by atoms with van der Waals surface area (Å²) < 4.78 is 0. The van der Waals surface area contributed by atoms with E-state index >= 15 is 0 Å². The molecule has 14 heavy (non-hydrogen) atoms. The predicted octanol–water partition coefficient (Wildman–Crippen LogP) is 0.561. The fraction of sp³-hybridized carbons (Fsp3) is 0.900. The zero-order valence-corrected chi connectivity index (χ0v) is 8.57. The molecule has 80 valence electrons. The molecule has 2 N–H and O–H groups in total. The van der Waals surface area contributed by atoms with Gasteiger partial charge in [0.15, 0.2) is 0 Å². The molecule has 0 aromatic heterocycles. The van der Waals surface area contributed by atoms with Crippen LogP contribution in [0.25, 0.3) is 0 Å². The average Bonchev–Trinajstić information content (AvgIpc) is 2.93. The highest BCUT2D eigenvalue weighted by Crippen LogP contribution is 2.21. The Hall–Kier alpha value is -0.770. The van der Waals surface area contributed by atoms with Gasteiger partial charge in [0.2, 0.25) is 0 Å². The molecular weight excluding hydrogens is 180 g/mol. The van der Waals surface area contributed by atoms with Crippen LogP contribution in [-0.4, -0.2) is 41.3 Å². The van der Waals surface area contributed by atoms with Gasteiger partial charge in [-0.15, -0.1) is 0 Å². The number of rotatable bonds is 1. The van der Waals surface area contributed by atoms with Crippen LogP contribution in [0.1, 0.15) is 26.2 Å². The summed E-state index contributed by atoms with van der Waals surface area (Å²) in [6, 6.07) is 0.400. The molecule has 1 aliphatic heterocycles. The SMILES string of the molecule is CC1CCN(C(=O)NC2CC2)CC1O. The molecule has 2 rings (SSSR count). The van der Waals surface area contributed by atoms with E-state index in [1.807, 2.05) is 6.92 Å². The Morgan fingerprint density at radius 3 is 2.71 bits per heavy atom. The second kappa shape index (κ2) is 3.77. The van der Waals surface area contributed by atoms with E-state index in [0.717, 1.165) is 25.8 Å². The summed E-state index contributed by atoms with van der Waals surface area (Å²) in [6.07, 6.45) is 2.77. The van der Waals surface area contributed by atoms with Gasteiger partial charge in [-0.05, 0) is 25.2 Å². The van der Waals surface area contributed by atoms with Crippen LogP contribution in [-0.2, 0) is 0 Å². The van der Waals surface area contributed by atoms with E-state index in [-0.39, 0.29) is 12.1 Å². The lowest BCUT2D eigenvalue weighted by Gasteiger charge is -2.34. The smallest absolute Gasteiger partial charge is 0.317 e. The van der Waals surface area contributed by atoms with E-state index in [1.165, 1.54) is 0 Å². The summed E-state index contributed by atoms with van der Waals surface area (Å²) in [6.45, 7) is 3.29. The molecule has 2 unspecified atom stereocenters. The number of likely N-dealkylation sites (tertiary alicyclic amines) is 1. The Balaban J connectivity index is 1.82. The van der Waals surface area contributed by atoms with Crippen molar-refractivity contribution in [2.75, 3.05) is 13.1 Å². The summed E-state index contributed by atoms with van der Waals surface area (Å²) in [7, 11) is 0. The Bertz CT molecular complexity index is 228. The van der Waals surface area contributed by atoms with Crippen LogP contribution in [0.3, 0.4) is 0 Å². The van der Waals surface area contributed by atoms with Gasteiger partial charge in [-0.25, -0.2) is 4.79 Å². The molecule has 4 nitrogen and oxygen atoms in total. The van der Waals surface area contributed by atoms with Gasteiger partial charge in [-0.1, -0.05) is 6.92 Å². The van der Waals surface area contributed by atoms with Crippen molar-refractivity contribution in [3.63, 3.8) is 0 Å². The molecule has 2 atom stereocenters. The third-order valence-corrected chi connectivity index (χ3v) is 3.11. The highest BCUT2D eigenvalue weighted by atomic mass is 16.3. The first-order chi connectivity index (χ1) is 6.66. The number of amides is 2. The minimum atomic E-state index is -0.353. The van der Waals surface area contributed by atoms with Gasteiger partial charge < -0.3 is 15.3 Å². The first-order valence-corrected chi connectivity index (χ1v) is 5.40. The van der Waals surface area contributed by atoms with Crippen LogP contribution in [0, 0.1) is 5.92 Å². The monoisotopic (exact) mass is 198 g/mol. The van der Waals surface area contributed by atoms with Crippen LogP contribution in [0.2, 0.25) is 0 Å². The number of carbonyl (C=O) groups is 1. The van der Waals surface area contributed by atoms with Crippen molar-refractivity contribution < 1.29 is 9.90 Å². The van der Waals surface area contributed by atoms with Crippen molar-refractivity contribution in [3.8, 4) is 0 Å². The Morgan fingerprint density at radius 2 is 2.14 bits per heavy atom. The zero-order valence-electron chi connectivity index (χ0n) is 8.57. The molecule has 0 bridgehead atoms. The molecule has 1 aliphatic carbocycles. The summed E-state index contributed by atoms with van der Waals surface area (Å²) >= 11 is 0. The number of piperidine rings is 1. The maximum Gasteiger partial charge on any atom is 0.317 e. The summed E-state index contributed by atoms with van der Waals surface area (Å²) in [5.41, 5.74) is 0. The Labute approximate surface area is 84.3 Å². The standard InChI is InChI=1S/C10H18N2O2/c1-7-4-5-12(6-9(7)13)10(14)11-8-2-3-8/h7-9,13H,2-6H2,1H3,(H,11,14). The highest BCUT2D eigenvalue weighted by molar-refractivity contribution is 5.75. The minimum Gasteiger partial charge on any atom is -0.391 e. The molecule has 1 saturated carbocycles. The fourth-order valence-electron chi connectivity index (χ4n) is 1.73. The second-order valence-corrected chi connectivity index (χ2v) is 4.50. The number of hydrogen-bond donors (Lipinski definition) is 2. The molecule has 2 aliphatic rings. The van der Waals surface area contributed by atoms with Gasteiger partial charge in [-0.2, -0.15) is 0 Å². The van der Waals surface area contributed by atoms with Crippen molar-refractivity contribution in [3.05, 3.63) is 0 Å². The van der Waals surface area contributed by atoms with Gasteiger partial charge >= 0.3 is 6.03 Å². The quantitative estimate of drug-likeness (QED) is 0.647. The number of aliphatic hydroxyl groups excluding tert-OH is 1. The number of hydrogen-bond acceptors (Lipinski definition) is 2. The Kier molecular flexibility index (Phi) is 2.63. The molecule has 0 radical (unpaired) electrons. The molecule has 2 amide bonds. The van der Waals surface area contributed by atoms with Crippen LogP contribution in [0.5, 0.6) is 0 Å². The van der Waals surface area contributed by atoms with Crippen molar-refractivity contribution in [1.29, 1.82) is 0 Å². The molecule has 0 spiro atoms. The largest absolute Gasteiger partial charge is 0.391 e. The van der Waals surface area contributed by atoms with Gasteiger partial charge in [-0.3, -0.25) is 0 Å². The predicted molar refractivity (Wildman–Crippen MR) is 52.9 cm³/mol. The molecule has 1 heterocycles. The average molecular weight is 198 g/mol. The van der Waals surface area contributed by atoms with E-state index in [1.54, 1.807) is 4.90 Å². The van der Waals surface area contributed by atoms with Gasteiger partial charge in [0.25, 0.3) is 0 Å². The van der Waals surface area contributed by atoms with Crippen molar-refractivity contribution in [2.45, 2.75) is 38.3 Å². The first-order valence-electron chi connectivity index (χ1n) is 5.40. The maximum absolute atomic E-state index is 11.6. The maximum atomic E-state index is 11.6. The number of aliphatic hydroxyl groups is 1. The third-order valence-electron chi connectivity index (χ3n) is 3.11. The first kappa shape index (κ1) is 9.77. The lowest BCUT2D eigenvalue weighted by molar-refractivity contribution is 0.0435. The van der Waals surface area contributed by atoms with Crippen molar-refractivity contribution in [1.82, 2.24) is 10.2 Å². The summed E-state index contributed by atoms with van der Waals surface area (Å²) in [5.74, 6) is 0.319. The normalized spacial score (nSPS) is 32.9. The molecular formula is C10H18N2O2. The second-order valence-electron chi connectivity index (χ2n) is 4.50.